The highest BCUT2D eigenvalue weighted by Crippen LogP contribution is 2.30. The zero-order chi connectivity index (χ0) is 26.1. The number of carbonyl (C=O) groups excluding carboxylic acids is 2. The first-order valence-corrected chi connectivity index (χ1v) is 11.6. The predicted molar refractivity (Wildman–Crippen MR) is 141 cm³/mol. The summed E-state index contributed by atoms with van der Waals surface area (Å²) in [7, 11) is 0. The van der Waals surface area contributed by atoms with E-state index in [0.717, 1.165) is 11.1 Å². The van der Waals surface area contributed by atoms with Crippen LogP contribution in [0.25, 0.3) is 6.08 Å². The van der Waals surface area contributed by atoms with Crippen LogP contribution >= 0.6 is 11.6 Å². The molecule has 0 radical (unpaired) electrons. The maximum absolute atomic E-state index is 12.6. The lowest BCUT2D eigenvalue weighted by atomic mass is 10.1. The van der Waals surface area contributed by atoms with E-state index in [0.29, 0.717) is 40.1 Å². The third kappa shape index (κ3) is 7.11. The van der Waals surface area contributed by atoms with Gasteiger partial charge < -0.3 is 20.1 Å². The molecular formula is C28H26ClN3O4. The van der Waals surface area contributed by atoms with Crippen LogP contribution in [0.4, 0.5) is 11.4 Å². The number of benzene rings is 3. The smallest absolute Gasteiger partial charge is 0.266 e. The number of rotatable bonds is 9. The highest BCUT2D eigenvalue weighted by Gasteiger charge is 2.13. The summed E-state index contributed by atoms with van der Waals surface area (Å²) in [5, 5.41) is 15.6. The number of nitrogens with one attached hydrogen (secondary N) is 2. The van der Waals surface area contributed by atoms with E-state index in [1.54, 1.807) is 36.4 Å². The van der Waals surface area contributed by atoms with E-state index in [9.17, 15) is 14.9 Å². The van der Waals surface area contributed by atoms with Gasteiger partial charge in [0.15, 0.2) is 18.1 Å². The number of halogens is 1. The highest BCUT2D eigenvalue weighted by molar-refractivity contribution is 6.31. The Hall–Kier alpha value is -4.28. The largest absolute Gasteiger partial charge is 0.490 e. The minimum atomic E-state index is -0.516. The highest BCUT2D eigenvalue weighted by atomic mass is 35.5. The molecule has 0 saturated carbocycles. The van der Waals surface area contributed by atoms with Crippen molar-refractivity contribution in [3.05, 3.63) is 87.9 Å². The van der Waals surface area contributed by atoms with Crippen LogP contribution in [0.5, 0.6) is 11.5 Å². The van der Waals surface area contributed by atoms with Crippen molar-refractivity contribution in [2.45, 2.75) is 20.8 Å². The molecule has 0 saturated heterocycles. The molecule has 2 N–H and O–H groups in total. The number of nitrogens with zero attached hydrogens (tertiary/aromatic N) is 1. The fraction of sp³-hybridized carbons (Fsp3) is 0.179. The van der Waals surface area contributed by atoms with Crippen molar-refractivity contribution in [1.29, 1.82) is 5.26 Å². The summed E-state index contributed by atoms with van der Waals surface area (Å²) in [4.78, 5) is 25.0. The Balaban J connectivity index is 1.71. The van der Waals surface area contributed by atoms with E-state index in [1.807, 2.05) is 51.1 Å². The molecule has 0 spiro atoms. The Morgan fingerprint density at radius 3 is 2.44 bits per heavy atom. The van der Waals surface area contributed by atoms with Crippen LogP contribution in [-0.2, 0) is 9.59 Å². The molecule has 0 fully saturated rings. The number of nitriles is 1. The molecule has 2 amide bonds. The number of para-hydroxylation sites is 1. The fourth-order valence-corrected chi connectivity index (χ4v) is 3.41. The minimum absolute atomic E-state index is 0.0643. The molecule has 8 heteroatoms. The molecule has 3 aromatic carbocycles. The van der Waals surface area contributed by atoms with Crippen LogP contribution in [0.1, 0.15) is 23.6 Å². The summed E-state index contributed by atoms with van der Waals surface area (Å²) in [6, 6.07) is 19.4. The molecule has 3 rings (SSSR count). The quantitative estimate of drug-likeness (QED) is 0.279. The van der Waals surface area contributed by atoms with Crippen LogP contribution in [0.3, 0.4) is 0 Å². The van der Waals surface area contributed by atoms with Gasteiger partial charge in [0.1, 0.15) is 11.6 Å². The van der Waals surface area contributed by atoms with Gasteiger partial charge in [0, 0.05) is 16.4 Å². The molecule has 0 atom stereocenters. The summed E-state index contributed by atoms with van der Waals surface area (Å²) in [6.07, 6.45) is 1.47. The fourth-order valence-electron chi connectivity index (χ4n) is 3.23. The SMILES string of the molecule is CCOc1cc(/C=C(/C#N)C(=O)Nc2ccccc2C)ccc1OCC(=O)Nc1ccc(C)c(Cl)c1. The van der Waals surface area contributed by atoms with Gasteiger partial charge in [0.25, 0.3) is 11.8 Å². The van der Waals surface area contributed by atoms with Crippen molar-refractivity contribution in [3.63, 3.8) is 0 Å². The topological polar surface area (TPSA) is 100 Å². The monoisotopic (exact) mass is 503 g/mol. The van der Waals surface area contributed by atoms with Gasteiger partial charge >= 0.3 is 0 Å². The number of ether oxygens (including phenoxy) is 2. The molecule has 7 nitrogen and oxygen atoms in total. The van der Waals surface area contributed by atoms with Crippen molar-refractivity contribution in [2.75, 3.05) is 23.8 Å². The van der Waals surface area contributed by atoms with Crippen LogP contribution in [0, 0.1) is 25.2 Å². The van der Waals surface area contributed by atoms with Crippen LogP contribution in [0.2, 0.25) is 5.02 Å². The summed E-state index contributed by atoms with van der Waals surface area (Å²) >= 11 is 6.10. The van der Waals surface area contributed by atoms with Crippen molar-refractivity contribution >= 4 is 40.9 Å². The summed E-state index contributed by atoms with van der Waals surface area (Å²) in [5.74, 6) is -0.137. The second-order valence-electron chi connectivity index (χ2n) is 7.88. The van der Waals surface area contributed by atoms with Gasteiger partial charge in [-0.1, -0.05) is 41.9 Å². The Morgan fingerprint density at radius 1 is 0.972 bits per heavy atom. The molecule has 0 aliphatic heterocycles. The van der Waals surface area contributed by atoms with Crippen LogP contribution in [-0.4, -0.2) is 25.0 Å². The van der Waals surface area contributed by atoms with E-state index in [2.05, 4.69) is 10.6 Å². The van der Waals surface area contributed by atoms with E-state index >= 15 is 0 Å². The van der Waals surface area contributed by atoms with Gasteiger partial charge in [-0.25, -0.2) is 0 Å². The third-order valence-electron chi connectivity index (χ3n) is 5.15. The lowest BCUT2D eigenvalue weighted by Crippen LogP contribution is -2.20. The first-order valence-electron chi connectivity index (χ1n) is 11.2. The number of amides is 2. The molecule has 0 aliphatic rings. The molecule has 0 bridgehead atoms. The van der Waals surface area contributed by atoms with E-state index in [1.165, 1.54) is 6.08 Å². The predicted octanol–water partition coefficient (Wildman–Crippen LogP) is 5.92. The van der Waals surface area contributed by atoms with Gasteiger partial charge in [-0.2, -0.15) is 5.26 Å². The molecular weight excluding hydrogens is 478 g/mol. The zero-order valence-electron chi connectivity index (χ0n) is 20.2. The molecule has 0 aromatic heterocycles. The average molecular weight is 504 g/mol. The van der Waals surface area contributed by atoms with Gasteiger partial charge in [-0.05, 0) is 73.9 Å². The zero-order valence-corrected chi connectivity index (χ0v) is 21.0. The number of hydrogen-bond acceptors (Lipinski definition) is 5. The summed E-state index contributed by atoms with van der Waals surface area (Å²) in [5.41, 5.74) is 3.50. The lowest BCUT2D eigenvalue weighted by Gasteiger charge is -2.13. The lowest BCUT2D eigenvalue weighted by molar-refractivity contribution is -0.118. The molecule has 0 aliphatic carbocycles. The summed E-state index contributed by atoms with van der Waals surface area (Å²) < 4.78 is 11.3. The molecule has 0 unspecified atom stereocenters. The second-order valence-corrected chi connectivity index (χ2v) is 8.29. The Bertz CT molecular complexity index is 1340. The first-order chi connectivity index (χ1) is 17.3. The Kier molecular flexibility index (Phi) is 9.09. The van der Waals surface area contributed by atoms with Gasteiger partial charge in [-0.3, -0.25) is 9.59 Å². The second kappa shape index (κ2) is 12.4. The van der Waals surface area contributed by atoms with E-state index in [-0.39, 0.29) is 18.1 Å². The number of carbonyl (C=O) groups is 2. The summed E-state index contributed by atoms with van der Waals surface area (Å²) in [6.45, 7) is 5.67. The van der Waals surface area contributed by atoms with Gasteiger partial charge in [0.05, 0.1) is 6.61 Å². The van der Waals surface area contributed by atoms with Gasteiger partial charge in [-0.15, -0.1) is 0 Å². The van der Waals surface area contributed by atoms with Crippen molar-refractivity contribution in [3.8, 4) is 17.6 Å². The van der Waals surface area contributed by atoms with Crippen molar-refractivity contribution in [2.24, 2.45) is 0 Å². The van der Waals surface area contributed by atoms with Crippen molar-refractivity contribution < 1.29 is 19.1 Å². The maximum Gasteiger partial charge on any atom is 0.266 e. The maximum atomic E-state index is 12.6. The third-order valence-corrected chi connectivity index (χ3v) is 5.56. The standard InChI is InChI=1S/C28H26ClN3O4/c1-4-35-26-14-20(13-21(16-30)28(34)32-24-8-6-5-7-19(24)3)10-12-25(26)36-17-27(33)31-22-11-9-18(2)23(29)15-22/h5-15H,4,17H2,1-3H3,(H,31,33)(H,32,34)/b21-13-. The first kappa shape index (κ1) is 26.3. The van der Waals surface area contributed by atoms with Crippen molar-refractivity contribution in [1.82, 2.24) is 0 Å². The number of aryl methyl sites for hydroxylation is 2. The van der Waals surface area contributed by atoms with E-state index in [4.69, 9.17) is 21.1 Å². The minimum Gasteiger partial charge on any atom is -0.490 e. The molecule has 0 heterocycles. The molecule has 184 valence electrons. The molecule has 3 aromatic rings. The van der Waals surface area contributed by atoms with Crippen LogP contribution < -0.4 is 20.1 Å². The Morgan fingerprint density at radius 2 is 1.75 bits per heavy atom. The molecule has 36 heavy (non-hydrogen) atoms. The number of hydrogen-bond donors (Lipinski definition) is 2. The van der Waals surface area contributed by atoms with Gasteiger partial charge in [0.2, 0.25) is 0 Å². The van der Waals surface area contributed by atoms with E-state index < -0.39 is 5.91 Å². The van der Waals surface area contributed by atoms with Crippen LogP contribution in [0.15, 0.2) is 66.2 Å². The average Bonchev–Trinajstić information content (AvgIpc) is 2.85. The Labute approximate surface area is 215 Å². The number of anilines is 2. The normalized spacial score (nSPS) is 10.8.